The van der Waals surface area contributed by atoms with Crippen LogP contribution in [0.5, 0.6) is 0 Å². The predicted octanol–water partition coefficient (Wildman–Crippen LogP) is 2.69. The zero-order valence-electron chi connectivity index (χ0n) is 13.8. The molecular formula is C17H17N3O4S. The number of amides is 2. The van der Waals surface area contributed by atoms with E-state index < -0.39 is 11.9 Å². The van der Waals surface area contributed by atoms with Crippen molar-refractivity contribution in [3.8, 4) is 0 Å². The van der Waals surface area contributed by atoms with Crippen LogP contribution in [0.2, 0.25) is 0 Å². The number of nitrogens with one attached hydrogen (secondary N) is 2. The SMILES string of the molecule is CCOC(=O)c1sc(NC(=O)[C@@H]2CC(=O)Nc3ccccc32)nc1C. The van der Waals surface area contributed by atoms with Crippen molar-refractivity contribution in [1.29, 1.82) is 0 Å². The maximum atomic E-state index is 12.7. The third kappa shape index (κ3) is 3.53. The Labute approximate surface area is 148 Å². The first kappa shape index (κ1) is 17.1. The number of fused-ring (bicyclic) bond motifs is 1. The van der Waals surface area contributed by atoms with Gasteiger partial charge in [0, 0.05) is 12.1 Å². The molecule has 1 aromatic heterocycles. The molecule has 0 spiro atoms. The number of rotatable bonds is 4. The monoisotopic (exact) mass is 359 g/mol. The van der Waals surface area contributed by atoms with Crippen LogP contribution in [0.25, 0.3) is 0 Å². The highest BCUT2D eigenvalue weighted by molar-refractivity contribution is 7.17. The second kappa shape index (κ2) is 7.02. The smallest absolute Gasteiger partial charge is 0.350 e. The summed E-state index contributed by atoms with van der Waals surface area (Å²) in [7, 11) is 0. The molecule has 2 aromatic rings. The molecule has 7 nitrogen and oxygen atoms in total. The topological polar surface area (TPSA) is 97.4 Å². The Kier molecular flexibility index (Phi) is 4.80. The fourth-order valence-corrected chi connectivity index (χ4v) is 3.54. The van der Waals surface area contributed by atoms with Crippen molar-refractivity contribution in [1.82, 2.24) is 4.98 Å². The molecule has 3 rings (SSSR count). The first-order valence-electron chi connectivity index (χ1n) is 7.83. The molecule has 0 fully saturated rings. The zero-order chi connectivity index (χ0) is 18.0. The lowest BCUT2D eigenvalue weighted by molar-refractivity contribution is -0.123. The van der Waals surface area contributed by atoms with E-state index in [4.69, 9.17) is 4.74 Å². The lowest BCUT2D eigenvalue weighted by Gasteiger charge is -2.24. The van der Waals surface area contributed by atoms with E-state index >= 15 is 0 Å². The molecule has 1 atom stereocenters. The molecule has 130 valence electrons. The number of aryl methyl sites for hydroxylation is 1. The van der Waals surface area contributed by atoms with Gasteiger partial charge in [0.2, 0.25) is 11.8 Å². The van der Waals surface area contributed by atoms with E-state index in [1.807, 2.05) is 12.1 Å². The lowest BCUT2D eigenvalue weighted by atomic mass is 9.90. The van der Waals surface area contributed by atoms with E-state index in [0.717, 1.165) is 16.9 Å². The molecule has 0 saturated heterocycles. The summed E-state index contributed by atoms with van der Waals surface area (Å²) in [6.07, 6.45) is 0.0674. The highest BCUT2D eigenvalue weighted by Crippen LogP contribution is 2.33. The van der Waals surface area contributed by atoms with E-state index in [9.17, 15) is 14.4 Å². The van der Waals surface area contributed by atoms with Gasteiger partial charge < -0.3 is 15.4 Å². The van der Waals surface area contributed by atoms with Gasteiger partial charge >= 0.3 is 5.97 Å². The third-order valence-electron chi connectivity index (χ3n) is 3.80. The molecule has 0 aliphatic carbocycles. The number of anilines is 2. The number of nitrogens with zero attached hydrogens (tertiary/aromatic N) is 1. The van der Waals surface area contributed by atoms with Gasteiger partial charge in [-0.1, -0.05) is 29.5 Å². The standard InChI is InChI=1S/C17H17N3O4S/c1-3-24-16(23)14-9(2)18-17(25-14)20-15(22)11-8-13(21)19-12-7-5-4-6-10(11)12/h4-7,11H,3,8H2,1-2H3,(H,19,21)(H,18,20,22)/t11-/m1/s1. The van der Waals surface area contributed by atoms with Crippen LogP contribution in [-0.4, -0.2) is 29.4 Å². The van der Waals surface area contributed by atoms with Crippen LogP contribution in [0.15, 0.2) is 24.3 Å². The Balaban J connectivity index is 1.80. The summed E-state index contributed by atoms with van der Waals surface area (Å²) in [6.45, 7) is 3.68. The van der Waals surface area contributed by atoms with Crippen LogP contribution >= 0.6 is 11.3 Å². The Morgan fingerprint density at radius 2 is 2.16 bits per heavy atom. The van der Waals surface area contributed by atoms with Crippen LogP contribution in [0.4, 0.5) is 10.8 Å². The molecule has 1 aromatic carbocycles. The fourth-order valence-electron chi connectivity index (χ4n) is 2.67. The van der Waals surface area contributed by atoms with Crippen molar-refractivity contribution in [3.05, 3.63) is 40.4 Å². The Morgan fingerprint density at radius 3 is 2.92 bits per heavy atom. The van der Waals surface area contributed by atoms with Crippen LogP contribution < -0.4 is 10.6 Å². The quantitative estimate of drug-likeness (QED) is 0.818. The Bertz CT molecular complexity index is 846. The molecule has 0 bridgehead atoms. The van der Waals surface area contributed by atoms with Crippen molar-refractivity contribution in [2.75, 3.05) is 17.2 Å². The minimum absolute atomic E-state index is 0.0674. The molecule has 0 radical (unpaired) electrons. The molecule has 1 aliphatic heterocycles. The minimum Gasteiger partial charge on any atom is -0.462 e. The van der Waals surface area contributed by atoms with Gasteiger partial charge in [-0.05, 0) is 25.5 Å². The zero-order valence-corrected chi connectivity index (χ0v) is 14.6. The van der Waals surface area contributed by atoms with Crippen LogP contribution in [0.3, 0.4) is 0 Å². The first-order valence-corrected chi connectivity index (χ1v) is 8.65. The summed E-state index contributed by atoms with van der Waals surface area (Å²) < 4.78 is 4.97. The van der Waals surface area contributed by atoms with Gasteiger partial charge in [0.15, 0.2) is 5.13 Å². The van der Waals surface area contributed by atoms with Crippen molar-refractivity contribution in [2.24, 2.45) is 0 Å². The van der Waals surface area contributed by atoms with E-state index in [0.29, 0.717) is 21.4 Å². The maximum Gasteiger partial charge on any atom is 0.350 e. The maximum absolute atomic E-state index is 12.7. The molecule has 8 heteroatoms. The largest absolute Gasteiger partial charge is 0.462 e. The number of carbonyl (C=O) groups is 3. The number of thiazole rings is 1. The Morgan fingerprint density at radius 1 is 1.40 bits per heavy atom. The number of aromatic nitrogens is 1. The van der Waals surface area contributed by atoms with Crippen LogP contribution in [0.1, 0.15) is 40.2 Å². The molecule has 2 N–H and O–H groups in total. The summed E-state index contributed by atoms with van der Waals surface area (Å²) in [4.78, 5) is 40.9. The second-order valence-corrected chi connectivity index (χ2v) is 6.53. The van der Waals surface area contributed by atoms with E-state index in [1.165, 1.54) is 0 Å². The number of esters is 1. The number of hydrogen-bond donors (Lipinski definition) is 2. The molecule has 0 saturated carbocycles. The molecule has 2 amide bonds. The van der Waals surface area contributed by atoms with Gasteiger partial charge in [-0.2, -0.15) is 0 Å². The number of carbonyl (C=O) groups excluding carboxylic acids is 3. The van der Waals surface area contributed by atoms with Gasteiger partial charge in [-0.25, -0.2) is 9.78 Å². The average molecular weight is 359 g/mol. The fraction of sp³-hybridized carbons (Fsp3) is 0.294. The van der Waals surface area contributed by atoms with Gasteiger partial charge in [-0.15, -0.1) is 0 Å². The lowest BCUT2D eigenvalue weighted by Crippen LogP contribution is -2.30. The Hall–Kier alpha value is -2.74. The van der Waals surface area contributed by atoms with Crippen LogP contribution in [-0.2, 0) is 14.3 Å². The predicted molar refractivity (Wildman–Crippen MR) is 93.9 cm³/mol. The number of para-hydroxylation sites is 1. The van der Waals surface area contributed by atoms with E-state index in [-0.39, 0.29) is 24.8 Å². The van der Waals surface area contributed by atoms with Crippen molar-refractivity contribution >= 4 is 39.9 Å². The second-order valence-electron chi connectivity index (χ2n) is 5.54. The number of hydrogen-bond acceptors (Lipinski definition) is 6. The molecule has 0 unspecified atom stereocenters. The van der Waals surface area contributed by atoms with Crippen LogP contribution in [0, 0.1) is 6.92 Å². The van der Waals surface area contributed by atoms with E-state index in [1.54, 1.807) is 26.0 Å². The van der Waals surface area contributed by atoms with Gasteiger partial charge in [0.25, 0.3) is 0 Å². The molecule has 25 heavy (non-hydrogen) atoms. The average Bonchev–Trinajstić information content (AvgIpc) is 2.94. The first-order chi connectivity index (χ1) is 12.0. The minimum atomic E-state index is -0.597. The third-order valence-corrected chi connectivity index (χ3v) is 4.86. The summed E-state index contributed by atoms with van der Waals surface area (Å²) >= 11 is 1.06. The van der Waals surface area contributed by atoms with Gasteiger partial charge in [0.05, 0.1) is 18.2 Å². The molecular weight excluding hydrogens is 342 g/mol. The van der Waals surface area contributed by atoms with Crippen molar-refractivity contribution in [2.45, 2.75) is 26.2 Å². The summed E-state index contributed by atoms with van der Waals surface area (Å²) in [5, 5.41) is 5.78. The highest BCUT2D eigenvalue weighted by atomic mass is 32.1. The molecule has 2 heterocycles. The molecule has 1 aliphatic rings. The summed E-state index contributed by atoms with van der Waals surface area (Å²) in [5.74, 6) is -1.59. The van der Waals surface area contributed by atoms with Crippen molar-refractivity contribution < 1.29 is 19.1 Å². The normalized spacial score (nSPS) is 15.9. The summed E-state index contributed by atoms with van der Waals surface area (Å²) in [6, 6.07) is 7.20. The van der Waals surface area contributed by atoms with Crippen molar-refractivity contribution in [3.63, 3.8) is 0 Å². The van der Waals surface area contributed by atoms with E-state index in [2.05, 4.69) is 15.6 Å². The van der Waals surface area contributed by atoms with Gasteiger partial charge in [-0.3, -0.25) is 9.59 Å². The van der Waals surface area contributed by atoms with Gasteiger partial charge in [0.1, 0.15) is 4.88 Å². The summed E-state index contributed by atoms with van der Waals surface area (Å²) in [5.41, 5.74) is 1.90. The number of ether oxygens (including phenoxy) is 1. The number of benzene rings is 1. The highest BCUT2D eigenvalue weighted by Gasteiger charge is 2.31.